The molecule has 3 aromatic rings. The van der Waals surface area contributed by atoms with Crippen molar-refractivity contribution in [1.82, 2.24) is 0 Å². The maximum Gasteiger partial charge on any atom is 0.00111 e. The van der Waals surface area contributed by atoms with E-state index < -0.39 is 0 Å². The topological polar surface area (TPSA) is 0 Å². The lowest BCUT2D eigenvalue weighted by atomic mass is 9.93. The number of hydrogen-bond donors (Lipinski definition) is 0. The van der Waals surface area contributed by atoms with Gasteiger partial charge in [-0.05, 0) is 32.7 Å². The highest BCUT2D eigenvalue weighted by Gasteiger charge is 2.14. The van der Waals surface area contributed by atoms with Gasteiger partial charge in [0.15, 0.2) is 0 Å². The molecule has 0 N–H and O–H groups in total. The van der Waals surface area contributed by atoms with Crippen molar-refractivity contribution in [2.75, 3.05) is 0 Å². The van der Waals surface area contributed by atoms with Crippen molar-refractivity contribution in [2.24, 2.45) is 5.41 Å². The summed E-state index contributed by atoms with van der Waals surface area (Å²) >= 11 is 0. The van der Waals surface area contributed by atoms with E-state index in [1.165, 1.54) is 32.7 Å². The van der Waals surface area contributed by atoms with Crippen LogP contribution >= 0.6 is 0 Å². The van der Waals surface area contributed by atoms with Gasteiger partial charge in [-0.25, -0.2) is 0 Å². The molecule has 21 heavy (non-hydrogen) atoms. The van der Waals surface area contributed by atoms with Gasteiger partial charge in [-0.3, -0.25) is 0 Å². The molecule has 0 heteroatoms. The normalized spacial score (nSPS) is 16.1. The van der Waals surface area contributed by atoms with E-state index in [1.807, 2.05) is 0 Å². The minimum atomic E-state index is 0.113. The molecule has 3 aromatic carbocycles. The van der Waals surface area contributed by atoms with E-state index in [0.29, 0.717) is 0 Å². The summed E-state index contributed by atoms with van der Waals surface area (Å²) in [5.74, 6) is 0. The van der Waals surface area contributed by atoms with Crippen molar-refractivity contribution in [3.8, 4) is 0 Å². The molecular formula is C21H18. The molecule has 4 rings (SSSR count). The molecule has 0 bridgehead atoms. The summed E-state index contributed by atoms with van der Waals surface area (Å²) in [6.45, 7) is 4.48. The lowest BCUT2D eigenvalue weighted by Crippen LogP contribution is -1.99. The molecule has 0 saturated heterocycles. The lowest BCUT2D eigenvalue weighted by molar-refractivity contribution is 0.633. The summed E-state index contributed by atoms with van der Waals surface area (Å²) in [7, 11) is 0. The Morgan fingerprint density at radius 2 is 1.43 bits per heavy atom. The first-order valence-electron chi connectivity index (χ1n) is 7.47. The predicted molar refractivity (Wildman–Crippen MR) is 93.3 cm³/mol. The molecule has 0 saturated carbocycles. The van der Waals surface area contributed by atoms with E-state index in [4.69, 9.17) is 0 Å². The van der Waals surface area contributed by atoms with Crippen LogP contribution in [0.1, 0.15) is 25.0 Å². The van der Waals surface area contributed by atoms with Crippen LogP contribution < -0.4 is 0 Å². The second-order valence-corrected chi connectivity index (χ2v) is 6.44. The van der Waals surface area contributed by atoms with Crippen LogP contribution in [-0.4, -0.2) is 0 Å². The van der Waals surface area contributed by atoms with Gasteiger partial charge >= 0.3 is 0 Å². The molecule has 0 aliphatic heterocycles. The standard InChI is InChI=1S/C21H18/c1-21(2)13-11-16-8-10-19-17-6-4-3-5-15(17)7-9-20(19)18(16)12-14-21/h3-14H,1-2H3. The second-order valence-electron chi connectivity index (χ2n) is 6.44. The Kier molecular flexibility index (Phi) is 2.56. The van der Waals surface area contributed by atoms with E-state index in [2.05, 4.69) is 86.7 Å². The molecule has 0 amide bonds. The molecule has 0 aromatic heterocycles. The van der Waals surface area contributed by atoms with Gasteiger partial charge in [0.1, 0.15) is 0 Å². The fourth-order valence-corrected chi connectivity index (χ4v) is 3.12. The van der Waals surface area contributed by atoms with E-state index in [9.17, 15) is 0 Å². The van der Waals surface area contributed by atoms with E-state index in [0.717, 1.165) is 0 Å². The third-order valence-electron chi connectivity index (χ3n) is 4.37. The number of hydrogen-bond acceptors (Lipinski definition) is 0. The highest BCUT2D eigenvalue weighted by atomic mass is 14.2. The van der Waals surface area contributed by atoms with Crippen molar-refractivity contribution < 1.29 is 0 Å². The number of rotatable bonds is 0. The molecule has 102 valence electrons. The maximum atomic E-state index is 2.30. The SMILES string of the molecule is CC1(C)C=Cc2ccc3c(ccc4ccccc43)c2C=C1. The average molecular weight is 270 g/mol. The Morgan fingerprint density at radius 1 is 0.667 bits per heavy atom. The van der Waals surface area contributed by atoms with Gasteiger partial charge in [0.25, 0.3) is 0 Å². The van der Waals surface area contributed by atoms with Crippen LogP contribution in [0.5, 0.6) is 0 Å². The minimum Gasteiger partial charge on any atom is -0.0745 e. The predicted octanol–water partition coefficient (Wildman–Crippen LogP) is 6.06. The maximum absolute atomic E-state index is 2.30. The third kappa shape index (κ3) is 1.99. The highest BCUT2D eigenvalue weighted by molar-refractivity contribution is 6.10. The summed E-state index contributed by atoms with van der Waals surface area (Å²) in [6, 6.07) is 17.6. The third-order valence-corrected chi connectivity index (χ3v) is 4.37. The zero-order valence-electron chi connectivity index (χ0n) is 12.4. The van der Waals surface area contributed by atoms with Gasteiger partial charge in [0.05, 0.1) is 0 Å². The number of fused-ring (bicyclic) bond motifs is 5. The Morgan fingerprint density at radius 3 is 2.33 bits per heavy atom. The molecule has 1 aliphatic carbocycles. The highest BCUT2D eigenvalue weighted by Crippen LogP contribution is 2.34. The fraction of sp³-hybridized carbons (Fsp3) is 0.143. The molecule has 0 fully saturated rings. The van der Waals surface area contributed by atoms with Crippen LogP contribution in [-0.2, 0) is 0 Å². The zero-order chi connectivity index (χ0) is 14.4. The summed E-state index contributed by atoms with van der Waals surface area (Å²) in [5, 5.41) is 5.31. The van der Waals surface area contributed by atoms with Crippen LogP contribution in [0.25, 0.3) is 33.7 Å². The van der Waals surface area contributed by atoms with Crippen LogP contribution in [0.3, 0.4) is 0 Å². The van der Waals surface area contributed by atoms with E-state index in [1.54, 1.807) is 0 Å². The average Bonchev–Trinajstić information content (AvgIpc) is 2.66. The van der Waals surface area contributed by atoms with Gasteiger partial charge in [0, 0.05) is 5.41 Å². The molecule has 0 radical (unpaired) electrons. The van der Waals surface area contributed by atoms with Gasteiger partial charge in [-0.1, -0.05) is 86.7 Å². The second kappa shape index (κ2) is 4.33. The van der Waals surface area contributed by atoms with Crippen molar-refractivity contribution in [1.29, 1.82) is 0 Å². The monoisotopic (exact) mass is 270 g/mol. The van der Waals surface area contributed by atoms with Crippen molar-refractivity contribution >= 4 is 33.7 Å². The zero-order valence-corrected chi connectivity index (χ0v) is 12.4. The molecular weight excluding hydrogens is 252 g/mol. The molecule has 0 spiro atoms. The Hall–Kier alpha value is -2.34. The quantitative estimate of drug-likeness (QED) is 0.436. The van der Waals surface area contributed by atoms with E-state index >= 15 is 0 Å². The van der Waals surface area contributed by atoms with Crippen LogP contribution in [0.2, 0.25) is 0 Å². The number of benzene rings is 3. The van der Waals surface area contributed by atoms with Crippen LogP contribution in [0.4, 0.5) is 0 Å². The summed E-state index contributed by atoms with van der Waals surface area (Å²) in [5.41, 5.74) is 2.75. The van der Waals surface area contributed by atoms with Crippen molar-refractivity contribution in [3.05, 3.63) is 71.8 Å². The Labute approximate surface area is 125 Å². The molecule has 0 atom stereocenters. The largest absolute Gasteiger partial charge is 0.0745 e. The smallest absolute Gasteiger partial charge is 0.00111 e. The summed E-state index contributed by atoms with van der Waals surface area (Å²) in [4.78, 5) is 0. The van der Waals surface area contributed by atoms with Crippen molar-refractivity contribution in [2.45, 2.75) is 13.8 Å². The van der Waals surface area contributed by atoms with Crippen molar-refractivity contribution in [3.63, 3.8) is 0 Å². The van der Waals surface area contributed by atoms with Crippen LogP contribution in [0.15, 0.2) is 60.7 Å². The molecule has 0 nitrogen and oxygen atoms in total. The molecule has 1 aliphatic rings. The van der Waals surface area contributed by atoms with E-state index in [-0.39, 0.29) is 5.41 Å². The molecule has 0 unspecified atom stereocenters. The van der Waals surface area contributed by atoms with Gasteiger partial charge in [0.2, 0.25) is 0 Å². The minimum absolute atomic E-state index is 0.113. The Bertz CT molecular complexity index is 908. The van der Waals surface area contributed by atoms with Gasteiger partial charge in [-0.2, -0.15) is 0 Å². The summed E-state index contributed by atoms with van der Waals surface area (Å²) in [6.07, 6.45) is 9.11. The fourth-order valence-electron chi connectivity index (χ4n) is 3.12. The Balaban J connectivity index is 2.10. The van der Waals surface area contributed by atoms with Gasteiger partial charge < -0.3 is 0 Å². The lowest BCUT2D eigenvalue weighted by Gasteiger charge is -2.12. The summed E-state index contributed by atoms with van der Waals surface area (Å²) < 4.78 is 0. The number of allylic oxidation sites excluding steroid dienone is 2. The van der Waals surface area contributed by atoms with Crippen LogP contribution in [0, 0.1) is 5.41 Å². The first-order valence-corrected chi connectivity index (χ1v) is 7.47. The molecule has 0 heterocycles. The first-order chi connectivity index (χ1) is 10.1. The van der Waals surface area contributed by atoms with Gasteiger partial charge in [-0.15, -0.1) is 0 Å². The first kappa shape index (κ1) is 12.4.